The molecule has 0 radical (unpaired) electrons. The molecule has 116 valence electrons. The zero-order valence-electron chi connectivity index (χ0n) is 11.5. The number of hydrogen-bond donors (Lipinski definition) is 1. The first-order chi connectivity index (χ1) is 10.5. The number of nitrogens with one attached hydrogen (secondary N) is 1. The van der Waals surface area contributed by atoms with E-state index in [1.807, 2.05) is 6.26 Å². The molecule has 2 aromatic carbocycles. The Balaban J connectivity index is 2.26. The van der Waals surface area contributed by atoms with Gasteiger partial charge in [-0.15, -0.1) is 11.8 Å². The molecule has 0 unspecified atom stereocenters. The van der Waals surface area contributed by atoms with Gasteiger partial charge in [0.05, 0.1) is 16.3 Å². The molecular formula is C15H12ClF2NO2S. The second-order valence-electron chi connectivity index (χ2n) is 4.17. The van der Waals surface area contributed by atoms with Gasteiger partial charge in [0.2, 0.25) is 0 Å². The van der Waals surface area contributed by atoms with Gasteiger partial charge in [0, 0.05) is 4.90 Å². The first kappa shape index (κ1) is 16.6. The molecule has 0 aliphatic heterocycles. The van der Waals surface area contributed by atoms with E-state index in [9.17, 15) is 13.6 Å². The third-order valence-electron chi connectivity index (χ3n) is 2.77. The molecule has 0 saturated heterocycles. The van der Waals surface area contributed by atoms with E-state index >= 15 is 0 Å². The molecule has 7 heteroatoms. The average molecular weight is 344 g/mol. The summed E-state index contributed by atoms with van der Waals surface area (Å²) in [6.07, 6.45) is 1.87. The maximum Gasteiger partial charge on any atom is 0.387 e. The summed E-state index contributed by atoms with van der Waals surface area (Å²) in [4.78, 5) is 13.2. The summed E-state index contributed by atoms with van der Waals surface area (Å²) in [6.45, 7) is -2.97. The minimum Gasteiger partial charge on any atom is -0.433 e. The van der Waals surface area contributed by atoms with Gasteiger partial charge in [0.25, 0.3) is 5.91 Å². The number of ether oxygens (including phenoxy) is 1. The van der Waals surface area contributed by atoms with Gasteiger partial charge in [-0.2, -0.15) is 8.78 Å². The first-order valence-corrected chi connectivity index (χ1v) is 7.80. The smallest absolute Gasteiger partial charge is 0.387 e. The van der Waals surface area contributed by atoms with Crippen LogP contribution in [0.25, 0.3) is 0 Å². The van der Waals surface area contributed by atoms with Gasteiger partial charge < -0.3 is 10.1 Å². The molecule has 2 aromatic rings. The number of rotatable bonds is 5. The largest absolute Gasteiger partial charge is 0.433 e. The molecule has 3 nitrogen and oxygen atoms in total. The lowest BCUT2D eigenvalue weighted by Gasteiger charge is -2.12. The van der Waals surface area contributed by atoms with E-state index in [0.717, 1.165) is 4.90 Å². The van der Waals surface area contributed by atoms with Gasteiger partial charge in [0.15, 0.2) is 0 Å². The van der Waals surface area contributed by atoms with Crippen LogP contribution in [0.15, 0.2) is 47.4 Å². The highest BCUT2D eigenvalue weighted by Crippen LogP contribution is 2.28. The summed E-state index contributed by atoms with van der Waals surface area (Å²) in [5, 5.41) is 2.81. The Kier molecular flexibility index (Phi) is 5.63. The number of para-hydroxylation sites is 2. The van der Waals surface area contributed by atoms with Crippen molar-refractivity contribution in [3.05, 3.63) is 53.1 Å². The summed E-state index contributed by atoms with van der Waals surface area (Å²) in [6, 6.07) is 11.0. The van der Waals surface area contributed by atoms with Crippen molar-refractivity contribution in [2.75, 3.05) is 11.6 Å². The van der Waals surface area contributed by atoms with Crippen molar-refractivity contribution < 1.29 is 18.3 Å². The number of hydrogen-bond acceptors (Lipinski definition) is 3. The number of carbonyl (C=O) groups is 1. The van der Waals surface area contributed by atoms with Crippen LogP contribution in [-0.2, 0) is 0 Å². The SMILES string of the molecule is CSc1ccc(Cl)c(C(=O)Nc2ccccc2OC(F)F)c1. The monoisotopic (exact) mass is 343 g/mol. The van der Waals surface area contributed by atoms with Gasteiger partial charge in [0.1, 0.15) is 5.75 Å². The predicted octanol–water partition coefficient (Wildman–Crippen LogP) is 4.92. The number of benzene rings is 2. The number of thioether (sulfide) groups is 1. The van der Waals surface area contributed by atoms with Crippen LogP contribution in [0.1, 0.15) is 10.4 Å². The van der Waals surface area contributed by atoms with Crippen LogP contribution in [0.5, 0.6) is 5.75 Å². The van der Waals surface area contributed by atoms with Crippen LogP contribution in [0.4, 0.5) is 14.5 Å². The first-order valence-electron chi connectivity index (χ1n) is 6.20. The minimum atomic E-state index is -2.97. The average Bonchev–Trinajstić information content (AvgIpc) is 2.49. The minimum absolute atomic E-state index is 0.108. The van der Waals surface area contributed by atoms with E-state index in [0.29, 0.717) is 0 Å². The van der Waals surface area contributed by atoms with Crippen molar-refractivity contribution in [3.63, 3.8) is 0 Å². The van der Waals surface area contributed by atoms with Crippen molar-refractivity contribution in [2.24, 2.45) is 0 Å². The van der Waals surface area contributed by atoms with E-state index in [1.54, 1.807) is 24.3 Å². The summed E-state index contributed by atoms with van der Waals surface area (Å²) in [5.41, 5.74) is 0.416. The van der Waals surface area contributed by atoms with E-state index in [-0.39, 0.29) is 22.0 Å². The third kappa shape index (κ3) is 4.11. The Hall–Kier alpha value is -1.79. The lowest BCUT2D eigenvalue weighted by molar-refractivity contribution is -0.0493. The Morgan fingerprint density at radius 2 is 2.00 bits per heavy atom. The molecule has 0 fully saturated rings. The highest BCUT2D eigenvalue weighted by Gasteiger charge is 2.15. The van der Waals surface area contributed by atoms with Crippen LogP contribution in [0.3, 0.4) is 0 Å². The Bertz CT molecular complexity index is 682. The number of amides is 1. The molecule has 0 aromatic heterocycles. The quantitative estimate of drug-likeness (QED) is 0.783. The third-order valence-corrected chi connectivity index (χ3v) is 3.82. The van der Waals surface area contributed by atoms with Gasteiger partial charge >= 0.3 is 6.61 Å². The fourth-order valence-corrected chi connectivity index (χ4v) is 2.41. The van der Waals surface area contributed by atoms with Gasteiger partial charge in [-0.25, -0.2) is 0 Å². The Morgan fingerprint density at radius 3 is 2.68 bits per heavy atom. The van der Waals surface area contributed by atoms with Crippen LogP contribution in [-0.4, -0.2) is 18.8 Å². The van der Waals surface area contributed by atoms with Crippen molar-refractivity contribution in [3.8, 4) is 5.75 Å². The normalized spacial score (nSPS) is 10.6. The lowest BCUT2D eigenvalue weighted by Crippen LogP contribution is -2.14. The van der Waals surface area contributed by atoms with Crippen LogP contribution >= 0.6 is 23.4 Å². The Labute approximate surface area is 135 Å². The predicted molar refractivity (Wildman–Crippen MR) is 84.3 cm³/mol. The zero-order chi connectivity index (χ0) is 16.1. The molecule has 2 rings (SSSR count). The van der Waals surface area contributed by atoms with Crippen LogP contribution < -0.4 is 10.1 Å². The summed E-state index contributed by atoms with van der Waals surface area (Å²) in [5.74, 6) is -0.603. The molecule has 0 heterocycles. The molecule has 0 aliphatic rings. The number of anilines is 1. The highest BCUT2D eigenvalue weighted by molar-refractivity contribution is 7.98. The lowest BCUT2D eigenvalue weighted by atomic mass is 10.2. The highest BCUT2D eigenvalue weighted by atomic mass is 35.5. The molecule has 0 bridgehead atoms. The summed E-state index contributed by atoms with van der Waals surface area (Å²) >= 11 is 7.48. The second-order valence-corrected chi connectivity index (χ2v) is 5.46. The molecular weight excluding hydrogens is 332 g/mol. The van der Waals surface area contributed by atoms with E-state index in [1.165, 1.54) is 30.0 Å². The fraction of sp³-hybridized carbons (Fsp3) is 0.133. The van der Waals surface area contributed by atoms with E-state index in [2.05, 4.69) is 10.1 Å². The molecule has 0 spiro atoms. The molecule has 1 amide bonds. The van der Waals surface area contributed by atoms with Crippen molar-refractivity contribution in [1.29, 1.82) is 0 Å². The maximum atomic E-state index is 12.4. The number of halogens is 3. The van der Waals surface area contributed by atoms with Crippen LogP contribution in [0.2, 0.25) is 5.02 Å². The van der Waals surface area contributed by atoms with Gasteiger partial charge in [-0.3, -0.25) is 4.79 Å². The zero-order valence-corrected chi connectivity index (χ0v) is 13.0. The fourth-order valence-electron chi connectivity index (χ4n) is 1.76. The van der Waals surface area contributed by atoms with Crippen molar-refractivity contribution in [2.45, 2.75) is 11.5 Å². The van der Waals surface area contributed by atoms with Gasteiger partial charge in [-0.1, -0.05) is 23.7 Å². The summed E-state index contributed by atoms with van der Waals surface area (Å²) in [7, 11) is 0. The Morgan fingerprint density at radius 1 is 1.27 bits per heavy atom. The number of alkyl halides is 2. The van der Waals surface area contributed by atoms with E-state index in [4.69, 9.17) is 11.6 Å². The second kappa shape index (κ2) is 7.47. The summed E-state index contributed by atoms with van der Waals surface area (Å²) < 4.78 is 29.1. The molecule has 0 atom stereocenters. The molecule has 0 aliphatic carbocycles. The van der Waals surface area contributed by atoms with Crippen LogP contribution in [0, 0.1) is 0 Å². The molecule has 1 N–H and O–H groups in total. The van der Waals surface area contributed by atoms with Crippen molar-refractivity contribution in [1.82, 2.24) is 0 Å². The standard InChI is InChI=1S/C15H12ClF2NO2S/c1-22-9-6-7-11(16)10(8-9)14(20)19-12-4-2-3-5-13(12)21-15(17)18/h2-8,15H,1H3,(H,19,20). The maximum absolute atomic E-state index is 12.4. The van der Waals surface area contributed by atoms with Crippen molar-refractivity contribution >= 4 is 35.0 Å². The molecule has 0 saturated carbocycles. The molecule has 22 heavy (non-hydrogen) atoms. The van der Waals surface area contributed by atoms with Gasteiger partial charge in [-0.05, 0) is 36.6 Å². The topological polar surface area (TPSA) is 38.3 Å². The number of carbonyl (C=O) groups excluding carboxylic acids is 1. The van der Waals surface area contributed by atoms with E-state index < -0.39 is 12.5 Å².